The molecule has 1 aliphatic carbocycles. The number of esters is 1. The van der Waals surface area contributed by atoms with Crippen LogP contribution in [0.15, 0.2) is 47.6 Å². The lowest BCUT2D eigenvalue weighted by Gasteiger charge is -2.43. The number of ether oxygens (including phenoxy) is 7. The van der Waals surface area contributed by atoms with Gasteiger partial charge in [0, 0.05) is 63.9 Å². The van der Waals surface area contributed by atoms with Crippen LogP contribution in [0.3, 0.4) is 0 Å². The molecule has 0 aromatic carbocycles. The summed E-state index contributed by atoms with van der Waals surface area (Å²) in [6, 6.07) is -1.15. The molecule has 4 fully saturated rings. The number of cyclic esters (lactones) is 1. The molecule has 74 heavy (non-hydrogen) atoms. The number of ketones is 3. The van der Waals surface area contributed by atoms with Gasteiger partial charge in [0.1, 0.15) is 30.1 Å². The monoisotopic (exact) mass is 1040 g/mol. The van der Waals surface area contributed by atoms with E-state index in [9.17, 15) is 39.3 Å². The van der Waals surface area contributed by atoms with E-state index in [1.165, 1.54) is 12.0 Å². The Morgan fingerprint density at radius 2 is 1.59 bits per heavy atom. The number of Topliss-reactive ketones (excluding diaryl/α,β-unsaturated/α-hetero) is 3. The van der Waals surface area contributed by atoms with Gasteiger partial charge in [0.2, 0.25) is 5.79 Å². The standard InChI is InChI=1S/C58H91NO15/c1-36-16-11-10-12-17-37(2)49(71-26-15-18-44-34-70-35-44)32-45-22-20-42(7)58(67,74-45)55(64)56(65)59-24-14-13-19-46(59)57(66)73-50(39(4)30-43-21-23-48(72-27-25-60)51(31-43)68-8)33-47(61)38(3)29-41(6)53(63)54(69-9)52(62)40(5)28-36/h10-12,16-17,29,36,38-40,42-46,48-51,53-54,60,63,67H,13-15,18-28,30-35H2,1-9H3/b12-10+,16-11+,37-17+,41-29+/t36-,38-,39-,40-,42-,43+,45+,46+,48-,49+,50+,51-,53-,54+,58-/m1/s1. The molecule has 2 bridgehead atoms. The molecule has 5 aliphatic rings. The van der Waals surface area contributed by atoms with E-state index in [1.54, 1.807) is 34.0 Å². The van der Waals surface area contributed by atoms with Crippen molar-refractivity contribution < 1.29 is 72.5 Å². The van der Waals surface area contributed by atoms with E-state index in [0.717, 1.165) is 38.0 Å². The van der Waals surface area contributed by atoms with Gasteiger partial charge in [0.15, 0.2) is 5.78 Å². The highest BCUT2D eigenvalue weighted by molar-refractivity contribution is 6.39. The van der Waals surface area contributed by atoms with E-state index in [-0.39, 0.29) is 74.1 Å². The summed E-state index contributed by atoms with van der Waals surface area (Å²) in [5.74, 6) is -7.49. The van der Waals surface area contributed by atoms with Crippen LogP contribution in [0, 0.1) is 41.4 Å². The lowest BCUT2D eigenvalue weighted by atomic mass is 9.78. The highest BCUT2D eigenvalue weighted by Gasteiger charge is 2.53. The van der Waals surface area contributed by atoms with E-state index >= 15 is 0 Å². The predicted octanol–water partition coefficient (Wildman–Crippen LogP) is 6.99. The molecule has 15 atom stereocenters. The van der Waals surface area contributed by atoms with Crippen LogP contribution >= 0.6 is 0 Å². The third-order valence-electron chi connectivity index (χ3n) is 16.4. The number of allylic oxidation sites excluding steroid dienone is 6. The summed E-state index contributed by atoms with van der Waals surface area (Å²) in [4.78, 5) is 72.9. The Labute approximate surface area is 440 Å². The first-order valence-corrected chi connectivity index (χ1v) is 27.7. The zero-order valence-corrected chi connectivity index (χ0v) is 46.0. The quantitative estimate of drug-likeness (QED) is 0.0734. The molecule has 5 rings (SSSR count). The van der Waals surface area contributed by atoms with E-state index in [2.05, 4.69) is 0 Å². The van der Waals surface area contributed by atoms with Crippen molar-refractivity contribution in [3.05, 3.63) is 47.6 Å². The molecule has 3 saturated heterocycles. The fourth-order valence-corrected chi connectivity index (χ4v) is 11.5. The molecule has 16 heteroatoms. The molecule has 3 N–H and O–H groups in total. The molecule has 0 aromatic rings. The number of rotatable bonds is 13. The van der Waals surface area contributed by atoms with Crippen molar-refractivity contribution in [3.8, 4) is 0 Å². The van der Waals surface area contributed by atoms with Crippen LogP contribution in [0.4, 0.5) is 0 Å². The average molecular weight is 1040 g/mol. The second kappa shape index (κ2) is 29.9. The van der Waals surface area contributed by atoms with Crippen molar-refractivity contribution in [2.75, 3.05) is 53.8 Å². The molecule has 0 unspecified atom stereocenters. The van der Waals surface area contributed by atoms with E-state index in [0.29, 0.717) is 75.9 Å². The number of hydrogen-bond donors (Lipinski definition) is 3. The molecular formula is C58H91NO15. The third kappa shape index (κ3) is 17.0. The first-order valence-electron chi connectivity index (χ1n) is 27.7. The van der Waals surface area contributed by atoms with Gasteiger partial charge in [0.05, 0.1) is 50.8 Å². The topological polar surface area (TPSA) is 214 Å². The van der Waals surface area contributed by atoms with Gasteiger partial charge in [-0.05, 0) is 120 Å². The van der Waals surface area contributed by atoms with Crippen LogP contribution in [0.2, 0.25) is 0 Å². The third-order valence-corrected chi connectivity index (χ3v) is 16.4. The van der Waals surface area contributed by atoms with Crippen molar-refractivity contribution in [2.45, 2.75) is 193 Å². The van der Waals surface area contributed by atoms with Crippen molar-refractivity contribution in [1.29, 1.82) is 0 Å². The maximum Gasteiger partial charge on any atom is 0.329 e. The minimum Gasteiger partial charge on any atom is -0.460 e. The molecule has 4 heterocycles. The van der Waals surface area contributed by atoms with Gasteiger partial charge >= 0.3 is 5.97 Å². The van der Waals surface area contributed by atoms with E-state index < -0.39 is 77.8 Å². The summed E-state index contributed by atoms with van der Waals surface area (Å²) in [6.45, 7) is 15.0. The molecular weight excluding hydrogens is 951 g/mol. The van der Waals surface area contributed by atoms with Crippen LogP contribution in [-0.4, -0.2) is 158 Å². The SMILES string of the molecule is CO[C@@H]1C[C@H](C[C@@H](C)[C@@H]2CC(=O)[C@H](C)/C=C(\C)[C@@H](O)[C@@H](OC)C(=O)[C@H](C)C[C@H](C)/C=C/C=C/C=C(\C)[C@@H](OCCCC3COC3)C[C@@H]3CC[C@@H](C)[C@@](O)(O3)C(=O)C(=O)N3CCCC[C@H]3C(=O)O2)CC[C@H]1OCCO. The Morgan fingerprint density at radius 1 is 0.838 bits per heavy atom. The lowest BCUT2D eigenvalue weighted by Crippen LogP contribution is -2.61. The van der Waals surface area contributed by atoms with Crippen molar-refractivity contribution in [1.82, 2.24) is 4.90 Å². The maximum absolute atomic E-state index is 14.6. The van der Waals surface area contributed by atoms with Crippen LogP contribution in [-0.2, 0) is 57.1 Å². The van der Waals surface area contributed by atoms with Gasteiger partial charge < -0.3 is 53.4 Å². The van der Waals surface area contributed by atoms with Gasteiger partial charge in [0.25, 0.3) is 11.7 Å². The number of piperidine rings is 1. The molecule has 0 radical (unpaired) electrons. The average Bonchev–Trinajstić information content (AvgIpc) is 3.36. The number of amides is 1. The van der Waals surface area contributed by atoms with Crippen molar-refractivity contribution >= 4 is 29.2 Å². The molecule has 1 saturated carbocycles. The van der Waals surface area contributed by atoms with Crippen molar-refractivity contribution in [3.63, 3.8) is 0 Å². The smallest absolute Gasteiger partial charge is 0.329 e. The molecule has 4 aliphatic heterocycles. The highest BCUT2D eigenvalue weighted by atomic mass is 16.6. The number of fused-ring (bicyclic) bond motifs is 3. The number of carbonyl (C=O) groups is 5. The Balaban J connectivity index is 1.46. The maximum atomic E-state index is 14.6. The summed E-state index contributed by atoms with van der Waals surface area (Å²) in [5, 5.41) is 33.1. The molecule has 0 spiro atoms. The van der Waals surface area contributed by atoms with Gasteiger partial charge in [-0.15, -0.1) is 0 Å². The number of nitrogens with zero attached hydrogens (tertiary/aromatic N) is 1. The summed E-state index contributed by atoms with van der Waals surface area (Å²) in [5.41, 5.74) is 1.30. The Morgan fingerprint density at radius 3 is 2.28 bits per heavy atom. The zero-order valence-electron chi connectivity index (χ0n) is 46.0. The molecule has 0 aromatic heterocycles. The predicted molar refractivity (Wildman–Crippen MR) is 278 cm³/mol. The zero-order chi connectivity index (χ0) is 54.1. The largest absolute Gasteiger partial charge is 0.460 e. The van der Waals surface area contributed by atoms with Gasteiger partial charge in [-0.25, -0.2) is 4.79 Å². The van der Waals surface area contributed by atoms with E-state index in [4.69, 9.17) is 33.2 Å². The number of methoxy groups -OCH3 is 2. The van der Waals surface area contributed by atoms with Crippen LogP contribution in [0.5, 0.6) is 0 Å². The van der Waals surface area contributed by atoms with Gasteiger partial charge in [-0.1, -0.05) is 71.1 Å². The van der Waals surface area contributed by atoms with Crippen molar-refractivity contribution in [2.24, 2.45) is 41.4 Å². The molecule has 16 nitrogen and oxygen atoms in total. The van der Waals surface area contributed by atoms with Crippen LogP contribution in [0.1, 0.15) is 138 Å². The number of hydrogen-bond acceptors (Lipinski definition) is 15. The van der Waals surface area contributed by atoms with Crippen LogP contribution < -0.4 is 0 Å². The lowest BCUT2D eigenvalue weighted by molar-refractivity contribution is -0.266. The minimum absolute atomic E-state index is 0.00693. The Bertz CT molecular complexity index is 1960. The second-order valence-corrected chi connectivity index (χ2v) is 22.3. The van der Waals surface area contributed by atoms with E-state index in [1.807, 2.05) is 58.1 Å². The summed E-state index contributed by atoms with van der Waals surface area (Å²) in [7, 11) is 3.02. The highest BCUT2D eigenvalue weighted by Crippen LogP contribution is 2.38. The Kier molecular flexibility index (Phi) is 24.8. The van der Waals surface area contributed by atoms with Crippen LogP contribution in [0.25, 0.3) is 0 Å². The summed E-state index contributed by atoms with van der Waals surface area (Å²) >= 11 is 0. The first kappa shape index (κ1) is 61.4. The molecule has 1 amide bonds. The summed E-state index contributed by atoms with van der Waals surface area (Å²) < 4.78 is 41.9. The fourth-order valence-electron chi connectivity index (χ4n) is 11.5. The fraction of sp³-hybridized carbons (Fsp3) is 0.776. The minimum atomic E-state index is -2.45. The van der Waals surface area contributed by atoms with Gasteiger partial charge in [-0.3, -0.25) is 19.2 Å². The van der Waals surface area contributed by atoms with Gasteiger partial charge in [-0.2, -0.15) is 0 Å². The number of carbonyl (C=O) groups excluding carboxylic acids is 5. The number of aliphatic hydroxyl groups excluding tert-OH is 2. The normalized spacial score (nSPS) is 38.1. The number of aliphatic hydroxyl groups is 3. The summed E-state index contributed by atoms with van der Waals surface area (Å²) in [6.07, 6.45) is 13.9. The first-order chi connectivity index (χ1) is 35.3. The molecule has 418 valence electrons. The Hall–Kier alpha value is -3.45. The second-order valence-electron chi connectivity index (χ2n) is 22.3.